The van der Waals surface area contributed by atoms with Crippen molar-refractivity contribution in [1.82, 2.24) is 5.32 Å². The van der Waals surface area contributed by atoms with E-state index in [0.29, 0.717) is 17.0 Å². The quantitative estimate of drug-likeness (QED) is 0.388. The molecular formula is C25H27ClF3NO5S. The van der Waals surface area contributed by atoms with Gasteiger partial charge in [0.05, 0.1) is 11.5 Å². The Hall–Kier alpha value is -2.59. The molecule has 196 valence electrons. The zero-order chi connectivity index (χ0) is 26.8. The van der Waals surface area contributed by atoms with Crippen LogP contribution in [0.4, 0.5) is 13.2 Å². The fourth-order valence-corrected chi connectivity index (χ4v) is 5.50. The molecule has 1 amide bonds. The highest BCUT2D eigenvalue weighted by Crippen LogP contribution is 2.50. The molecule has 1 aromatic carbocycles. The smallest absolute Gasteiger partial charge is 0.492 e. The summed E-state index contributed by atoms with van der Waals surface area (Å²) < 4.78 is 47.2. The molecule has 1 aliphatic heterocycles. The lowest BCUT2D eigenvalue weighted by Gasteiger charge is -2.32. The Morgan fingerprint density at radius 2 is 1.86 bits per heavy atom. The van der Waals surface area contributed by atoms with Crippen LogP contribution in [0.3, 0.4) is 0 Å². The first kappa shape index (κ1) is 28.0. The van der Waals surface area contributed by atoms with E-state index in [1.54, 1.807) is 19.9 Å². The predicted molar refractivity (Wildman–Crippen MR) is 131 cm³/mol. The first-order valence-corrected chi connectivity index (χ1v) is 12.5. The van der Waals surface area contributed by atoms with Crippen molar-refractivity contribution < 1.29 is 37.3 Å². The highest BCUT2D eigenvalue weighted by atomic mass is 35.5. The number of thioether (sulfide) groups is 1. The number of ether oxygens (including phenoxy) is 2. The molecule has 0 radical (unpaired) electrons. The maximum atomic E-state index is 13.3. The van der Waals surface area contributed by atoms with Gasteiger partial charge in [-0.1, -0.05) is 50.6 Å². The molecule has 1 aliphatic carbocycles. The SMILES string of the molecule is CCC(C)(C)C(NC(=O)C1=C(OCc2ccc(OC(F)(F)F)cc2)C2C(Cl)=C(C)SC2C=C1)C(=O)O. The Bertz CT molecular complexity index is 1110. The molecule has 1 heterocycles. The molecule has 3 rings (SSSR count). The van der Waals surface area contributed by atoms with Crippen molar-refractivity contribution >= 4 is 35.2 Å². The molecule has 2 aliphatic rings. The van der Waals surface area contributed by atoms with Gasteiger partial charge in [-0.25, -0.2) is 4.79 Å². The number of aliphatic carboxylic acids is 1. The minimum absolute atomic E-state index is 0.0494. The highest BCUT2D eigenvalue weighted by Gasteiger charge is 2.42. The van der Waals surface area contributed by atoms with Crippen LogP contribution in [0.5, 0.6) is 5.75 Å². The van der Waals surface area contributed by atoms with E-state index in [-0.39, 0.29) is 28.9 Å². The van der Waals surface area contributed by atoms with Gasteiger partial charge in [0.25, 0.3) is 5.91 Å². The van der Waals surface area contributed by atoms with Gasteiger partial charge in [0.15, 0.2) is 0 Å². The molecule has 36 heavy (non-hydrogen) atoms. The van der Waals surface area contributed by atoms with Gasteiger partial charge in [-0.15, -0.1) is 24.9 Å². The number of halogens is 4. The van der Waals surface area contributed by atoms with Crippen LogP contribution < -0.4 is 10.1 Å². The van der Waals surface area contributed by atoms with E-state index < -0.39 is 35.6 Å². The molecule has 3 unspecified atom stereocenters. The van der Waals surface area contributed by atoms with Gasteiger partial charge < -0.3 is 19.9 Å². The number of hydrogen-bond acceptors (Lipinski definition) is 5. The first-order valence-electron chi connectivity index (χ1n) is 11.2. The summed E-state index contributed by atoms with van der Waals surface area (Å²) in [5.74, 6) is -2.29. The summed E-state index contributed by atoms with van der Waals surface area (Å²) in [5, 5.41) is 12.8. The summed E-state index contributed by atoms with van der Waals surface area (Å²) in [6.07, 6.45) is -0.846. The molecule has 3 atom stereocenters. The largest absolute Gasteiger partial charge is 0.573 e. The zero-order valence-corrected chi connectivity index (χ0v) is 21.7. The molecule has 0 fully saturated rings. The van der Waals surface area contributed by atoms with Crippen molar-refractivity contribution in [2.45, 2.75) is 58.4 Å². The highest BCUT2D eigenvalue weighted by molar-refractivity contribution is 8.04. The number of fused-ring (bicyclic) bond motifs is 1. The van der Waals surface area contributed by atoms with Crippen LogP contribution in [0, 0.1) is 11.3 Å². The molecule has 1 aromatic rings. The lowest BCUT2D eigenvalue weighted by molar-refractivity contribution is -0.274. The van der Waals surface area contributed by atoms with Gasteiger partial charge in [-0.05, 0) is 47.4 Å². The number of allylic oxidation sites excluding steroid dienone is 2. The third-order valence-electron chi connectivity index (χ3n) is 6.26. The van der Waals surface area contributed by atoms with Crippen LogP contribution in [-0.4, -0.2) is 34.6 Å². The van der Waals surface area contributed by atoms with Crippen molar-refractivity contribution in [2.75, 3.05) is 0 Å². The average Bonchev–Trinajstić information content (AvgIpc) is 3.09. The number of carbonyl (C=O) groups excluding carboxylic acids is 1. The van der Waals surface area contributed by atoms with Gasteiger partial charge in [-0.3, -0.25) is 4.79 Å². The Morgan fingerprint density at radius 1 is 1.22 bits per heavy atom. The lowest BCUT2D eigenvalue weighted by atomic mass is 9.81. The molecule has 0 saturated carbocycles. The number of carbonyl (C=O) groups is 2. The number of hydrogen-bond donors (Lipinski definition) is 2. The third kappa shape index (κ3) is 6.39. The number of carboxylic acid groups (broad SMARTS) is 1. The second-order valence-corrected chi connectivity index (χ2v) is 11.0. The fraction of sp³-hybridized carbons (Fsp3) is 0.440. The van der Waals surface area contributed by atoms with Crippen LogP contribution in [0.15, 0.2) is 57.7 Å². The van der Waals surface area contributed by atoms with E-state index >= 15 is 0 Å². The molecular weight excluding hydrogens is 519 g/mol. The second kappa shape index (κ2) is 10.8. The van der Waals surface area contributed by atoms with E-state index in [0.717, 1.165) is 4.91 Å². The second-order valence-electron chi connectivity index (χ2n) is 9.17. The van der Waals surface area contributed by atoms with Crippen LogP contribution >= 0.6 is 23.4 Å². The van der Waals surface area contributed by atoms with Crippen LogP contribution in [0.25, 0.3) is 0 Å². The van der Waals surface area contributed by atoms with Gasteiger partial charge in [0, 0.05) is 10.3 Å². The number of alkyl halides is 3. The van der Waals surface area contributed by atoms with E-state index in [9.17, 15) is 27.9 Å². The zero-order valence-electron chi connectivity index (χ0n) is 20.1. The van der Waals surface area contributed by atoms with Crippen molar-refractivity contribution in [3.63, 3.8) is 0 Å². The fourth-order valence-electron chi connectivity index (χ4n) is 3.85. The molecule has 0 spiro atoms. The van der Waals surface area contributed by atoms with E-state index in [4.69, 9.17) is 16.3 Å². The average molecular weight is 546 g/mol. The van der Waals surface area contributed by atoms with Crippen molar-refractivity contribution in [2.24, 2.45) is 11.3 Å². The van der Waals surface area contributed by atoms with Gasteiger partial charge in [0.1, 0.15) is 24.2 Å². The van der Waals surface area contributed by atoms with E-state index in [1.807, 2.05) is 19.9 Å². The van der Waals surface area contributed by atoms with Gasteiger partial charge in [0.2, 0.25) is 0 Å². The molecule has 0 saturated heterocycles. The lowest BCUT2D eigenvalue weighted by Crippen LogP contribution is -2.50. The maximum Gasteiger partial charge on any atom is 0.573 e. The monoisotopic (exact) mass is 545 g/mol. The first-order chi connectivity index (χ1) is 16.7. The minimum atomic E-state index is -4.80. The summed E-state index contributed by atoms with van der Waals surface area (Å²) >= 11 is 8.11. The summed E-state index contributed by atoms with van der Waals surface area (Å²) in [5.41, 5.74) is -0.0116. The summed E-state index contributed by atoms with van der Waals surface area (Å²) in [6.45, 7) is 7.17. The molecule has 6 nitrogen and oxygen atoms in total. The summed E-state index contributed by atoms with van der Waals surface area (Å²) in [6, 6.07) is 4.05. The molecule has 0 bridgehead atoms. The molecule has 0 aromatic heterocycles. The standard InChI is InChI=1S/C25H27ClF3NO5S/c1-5-24(3,4)21(23(32)33)30-22(31)16-10-11-17-18(19(26)13(2)36-17)20(16)34-12-14-6-8-15(9-7-14)35-25(27,28)29/h6-11,17-18,21H,5,12H2,1-4H3,(H,30,31)(H,32,33). The van der Waals surface area contributed by atoms with Crippen molar-refractivity contribution in [3.8, 4) is 5.75 Å². The van der Waals surface area contributed by atoms with Crippen LogP contribution in [0.1, 0.15) is 39.7 Å². The Balaban J connectivity index is 1.89. The molecule has 2 N–H and O–H groups in total. The van der Waals surface area contributed by atoms with Gasteiger partial charge in [-0.2, -0.15) is 0 Å². The minimum Gasteiger partial charge on any atom is -0.492 e. The van der Waals surface area contributed by atoms with Crippen molar-refractivity contribution in [1.29, 1.82) is 0 Å². The summed E-state index contributed by atoms with van der Waals surface area (Å²) in [7, 11) is 0. The Labute approximate surface area is 216 Å². The van der Waals surface area contributed by atoms with E-state index in [1.165, 1.54) is 36.0 Å². The number of nitrogens with one attached hydrogen (secondary N) is 1. The van der Waals surface area contributed by atoms with Crippen LogP contribution in [-0.2, 0) is 20.9 Å². The predicted octanol–water partition coefficient (Wildman–Crippen LogP) is 6.13. The maximum absolute atomic E-state index is 13.3. The van der Waals surface area contributed by atoms with Crippen LogP contribution in [0.2, 0.25) is 0 Å². The third-order valence-corrected chi connectivity index (χ3v) is 8.17. The number of rotatable bonds is 9. The molecule has 11 heteroatoms. The van der Waals surface area contributed by atoms with E-state index in [2.05, 4.69) is 10.1 Å². The van der Waals surface area contributed by atoms with Gasteiger partial charge >= 0.3 is 12.3 Å². The Morgan fingerprint density at radius 3 is 2.42 bits per heavy atom. The summed E-state index contributed by atoms with van der Waals surface area (Å²) in [4.78, 5) is 26.1. The number of carboxylic acids is 1. The number of benzene rings is 1. The Kier molecular flexibility index (Phi) is 8.40. The normalized spacial score (nSPS) is 20.8. The number of amides is 1. The van der Waals surface area contributed by atoms with Crippen molar-refractivity contribution in [3.05, 3.63) is 63.3 Å². The topological polar surface area (TPSA) is 84.9 Å².